The van der Waals surface area contributed by atoms with E-state index in [9.17, 15) is 4.79 Å². The smallest absolute Gasteiger partial charge is 0.220 e. The van der Waals surface area contributed by atoms with Crippen LogP contribution in [0.5, 0.6) is 0 Å². The van der Waals surface area contributed by atoms with E-state index in [1.165, 1.54) is 30.0 Å². The van der Waals surface area contributed by atoms with Crippen LogP contribution in [0.2, 0.25) is 0 Å². The number of hydrogen-bond acceptors (Lipinski definition) is 2. The lowest BCUT2D eigenvalue weighted by Crippen LogP contribution is -2.36. The average Bonchev–Trinajstić information content (AvgIpc) is 2.67. The van der Waals surface area contributed by atoms with Crippen molar-refractivity contribution in [1.82, 2.24) is 10.3 Å². The van der Waals surface area contributed by atoms with Crippen LogP contribution in [-0.4, -0.2) is 16.9 Å². The predicted molar refractivity (Wildman–Crippen MR) is 103 cm³/mol. The minimum absolute atomic E-state index is 0.158. The van der Waals surface area contributed by atoms with Crippen LogP contribution < -0.4 is 5.32 Å². The zero-order chi connectivity index (χ0) is 17.1. The van der Waals surface area contributed by atoms with E-state index in [1.54, 1.807) is 0 Å². The zero-order valence-corrected chi connectivity index (χ0v) is 14.5. The second kappa shape index (κ2) is 7.22. The Kier molecular flexibility index (Phi) is 4.64. The number of aromatic nitrogens is 1. The van der Waals surface area contributed by atoms with E-state index in [-0.39, 0.29) is 5.91 Å². The molecular formula is C22H24N2O. The van der Waals surface area contributed by atoms with Gasteiger partial charge >= 0.3 is 0 Å². The van der Waals surface area contributed by atoms with Crippen LogP contribution in [0.4, 0.5) is 0 Å². The van der Waals surface area contributed by atoms with E-state index < -0.39 is 0 Å². The summed E-state index contributed by atoms with van der Waals surface area (Å²) < 4.78 is 0. The molecule has 25 heavy (non-hydrogen) atoms. The van der Waals surface area contributed by atoms with Crippen LogP contribution in [0, 0.1) is 0 Å². The molecule has 3 aromatic rings. The molecule has 1 amide bonds. The first-order chi connectivity index (χ1) is 12.3. The Bertz CT molecular complexity index is 897. The number of para-hydroxylation sites is 1. The fourth-order valence-corrected chi connectivity index (χ4v) is 3.94. The number of carbonyl (C=O) groups is 1. The highest BCUT2D eigenvalue weighted by atomic mass is 16.1. The van der Waals surface area contributed by atoms with E-state index in [1.807, 2.05) is 24.3 Å². The standard InChI is InChI=1S/C22H24N2O/c25-22(23-16-8-2-1-3-9-16)15-14-21-19-11-5-4-10-17(19)18-12-6-7-13-20(18)24-21/h4-7,10-13,16H,1-3,8-9,14-15H2,(H,23,25). The second-order valence-corrected chi connectivity index (χ2v) is 7.02. The third-order valence-corrected chi connectivity index (χ3v) is 5.25. The van der Waals surface area contributed by atoms with Crippen LogP contribution in [0.3, 0.4) is 0 Å². The third-order valence-electron chi connectivity index (χ3n) is 5.25. The molecule has 0 unspecified atom stereocenters. The van der Waals surface area contributed by atoms with Crippen LogP contribution in [-0.2, 0) is 11.2 Å². The summed E-state index contributed by atoms with van der Waals surface area (Å²) in [6.07, 6.45) is 7.23. The van der Waals surface area contributed by atoms with Crippen molar-refractivity contribution < 1.29 is 4.79 Å². The molecule has 128 valence electrons. The zero-order valence-electron chi connectivity index (χ0n) is 14.5. The molecule has 1 aromatic heterocycles. The molecule has 0 bridgehead atoms. The Balaban J connectivity index is 1.55. The van der Waals surface area contributed by atoms with E-state index in [0.29, 0.717) is 18.9 Å². The van der Waals surface area contributed by atoms with Gasteiger partial charge in [-0.25, -0.2) is 0 Å². The summed E-state index contributed by atoms with van der Waals surface area (Å²) in [5.74, 6) is 0.158. The summed E-state index contributed by atoms with van der Waals surface area (Å²) >= 11 is 0. The van der Waals surface area contributed by atoms with E-state index >= 15 is 0 Å². The molecular weight excluding hydrogens is 308 g/mol. The van der Waals surface area contributed by atoms with E-state index in [2.05, 4.69) is 29.6 Å². The van der Waals surface area contributed by atoms with Crippen molar-refractivity contribution in [3.63, 3.8) is 0 Å². The Labute approximate surface area is 148 Å². The number of pyridine rings is 1. The molecule has 1 saturated carbocycles. The number of hydrogen-bond donors (Lipinski definition) is 1. The number of nitrogens with zero attached hydrogens (tertiary/aromatic N) is 1. The van der Waals surface area contributed by atoms with Crippen molar-refractivity contribution in [2.45, 2.75) is 51.0 Å². The lowest BCUT2D eigenvalue weighted by molar-refractivity contribution is -0.121. The topological polar surface area (TPSA) is 42.0 Å². The molecule has 0 aliphatic heterocycles. The van der Waals surface area contributed by atoms with Gasteiger partial charge in [0.05, 0.1) is 5.52 Å². The molecule has 3 heteroatoms. The fraction of sp³-hybridized carbons (Fsp3) is 0.364. The maximum absolute atomic E-state index is 12.3. The SMILES string of the molecule is O=C(CCc1nc2ccccc2c2ccccc12)NC1CCCCC1. The van der Waals surface area contributed by atoms with Crippen molar-refractivity contribution in [3.05, 3.63) is 54.2 Å². The maximum Gasteiger partial charge on any atom is 0.220 e. The maximum atomic E-state index is 12.3. The van der Waals surface area contributed by atoms with Crippen LogP contribution in [0.1, 0.15) is 44.2 Å². The molecule has 1 aliphatic carbocycles. The second-order valence-electron chi connectivity index (χ2n) is 7.02. The van der Waals surface area contributed by atoms with Crippen molar-refractivity contribution in [2.75, 3.05) is 0 Å². The van der Waals surface area contributed by atoms with Gasteiger partial charge in [0.25, 0.3) is 0 Å². The summed E-state index contributed by atoms with van der Waals surface area (Å²) in [5.41, 5.74) is 2.02. The van der Waals surface area contributed by atoms with Crippen LogP contribution in [0.15, 0.2) is 48.5 Å². The van der Waals surface area contributed by atoms with Gasteiger partial charge in [0.1, 0.15) is 0 Å². The Morgan fingerprint density at radius 1 is 0.920 bits per heavy atom. The number of nitrogens with one attached hydrogen (secondary N) is 1. The quantitative estimate of drug-likeness (QED) is 0.699. The largest absolute Gasteiger partial charge is 0.353 e. The number of benzene rings is 2. The normalized spacial score (nSPS) is 15.5. The lowest BCUT2D eigenvalue weighted by Gasteiger charge is -2.22. The highest BCUT2D eigenvalue weighted by Crippen LogP contribution is 2.27. The first-order valence-electron chi connectivity index (χ1n) is 9.37. The third kappa shape index (κ3) is 3.51. The number of amides is 1. The van der Waals surface area contributed by atoms with Crippen molar-refractivity contribution >= 4 is 27.6 Å². The molecule has 0 atom stereocenters. The number of fused-ring (bicyclic) bond motifs is 3. The minimum atomic E-state index is 0.158. The van der Waals surface area contributed by atoms with E-state index in [4.69, 9.17) is 4.98 Å². The van der Waals surface area contributed by atoms with Gasteiger partial charge in [-0.1, -0.05) is 61.7 Å². The minimum Gasteiger partial charge on any atom is -0.353 e. The molecule has 0 saturated heterocycles. The number of carbonyl (C=O) groups excluding carboxylic acids is 1. The van der Waals surface area contributed by atoms with Gasteiger partial charge in [-0.2, -0.15) is 0 Å². The van der Waals surface area contributed by atoms with Gasteiger partial charge < -0.3 is 5.32 Å². The summed E-state index contributed by atoms with van der Waals surface area (Å²) in [7, 11) is 0. The van der Waals surface area contributed by atoms with Gasteiger partial charge in [-0.3, -0.25) is 9.78 Å². The summed E-state index contributed by atoms with van der Waals surface area (Å²) in [6.45, 7) is 0. The number of aryl methyl sites for hydroxylation is 1. The molecule has 1 fully saturated rings. The molecule has 1 aliphatic rings. The fourth-order valence-electron chi connectivity index (χ4n) is 3.94. The van der Waals surface area contributed by atoms with Gasteiger partial charge in [0.15, 0.2) is 0 Å². The van der Waals surface area contributed by atoms with Crippen LogP contribution in [0.25, 0.3) is 21.7 Å². The molecule has 0 radical (unpaired) electrons. The first-order valence-corrected chi connectivity index (χ1v) is 9.37. The van der Waals surface area contributed by atoms with Gasteiger partial charge in [-0.05, 0) is 30.7 Å². The molecule has 2 aromatic carbocycles. The predicted octanol–water partition coefficient (Wildman–Crippen LogP) is 4.77. The monoisotopic (exact) mass is 332 g/mol. The molecule has 0 spiro atoms. The van der Waals surface area contributed by atoms with Gasteiger partial charge in [0, 0.05) is 28.9 Å². The van der Waals surface area contributed by atoms with E-state index in [0.717, 1.165) is 29.4 Å². The average molecular weight is 332 g/mol. The lowest BCUT2D eigenvalue weighted by atomic mass is 9.95. The Hall–Kier alpha value is -2.42. The molecule has 1 heterocycles. The summed E-state index contributed by atoms with van der Waals surface area (Å²) in [5, 5.41) is 6.76. The first kappa shape index (κ1) is 16.1. The number of rotatable bonds is 4. The van der Waals surface area contributed by atoms with Crippen LogP contribution >= 0.6 is 0 Å². The Morgan fingerprint density at radius 2 is 1.60 bits per heavy atom. The van der Waals surface area contributed by atoms with Crippen molar-refractivity contribution in [1.29, 1.82) is 0 Å². The molecule has 1 N–H and O–H groups in total. The Morgan fingerprint density at radius 3 is 2.40 bits per heavy atom. The van der Waals surface area contributed by atoms with Crippen molar-refractivity contribution in [3.8, 4) is 0 Å². The summed E-state index contributed by atoms with van der Waals surface area (Å²) in [4.78, 5) is 17.2. The molecule has 3 nitrogen and oxygen atoms in total. The highest BCUT2D eigenvalue weighted by Gasteiger charge is 2.16. The van der Waals surface area contributed by atoms with Gasteiger partial charge in [-0.15, -0.1) is 0 Å². The highest BCUT2D eigenvalue weighted by molar-refractivity contribution is 6.06. The molecule has 4 rings (SSSR count). The summed E-state index contributed by atoms with van der Waals surface area (Å²) in [6, 6.07) is 17.0. The van der Waals surface area contributed by atoms with Gasteiger partial charge in [0.2, 0.25) is 5.91 Å². The van der Waals surface area contributed by atoms with Crippen molar-refractivity contribution in [2.24, 2.45) is 0 Å².